The van der Waals surface area contributed by atoms with Gasteiger partial charge in [0.1, 0.15) is 17.5 Å². The molecule has 6 nitrogen and oxygen atoms in total. The van der Waals surface area contributed by atoms with E-state index in [0.717, 1.165) is 49.4 Å². The van der Waals surface area contributed by atoms with Crippen LogP contribution >= 0.6 is 0 Å². The van der Waals surface area contributed by atoms with Crippen molar-refractivity contribution in [3.63, 3.8) is 0 Å². The molecule has 4 aromatic rings. The molecule has 1 aliphatic heterocycles. The quantitative estimate of drug-likeness (QED) is 0.424. The van der Waals surface area contributed by atoms with Crippen molar-refractivity contribution < 1.29 is 4.39 Å². The topological polar surface area (TPSA) is 66.8 Å². The van der Waals surface area contributed by atoms with E-state index in [2.05, 4.69) is 26.3 Å². The summed E-state index contributed by atoms with van der Waals surface area (Å²) in [5, 5.41) is 3.26. The van der Waals surface area contributed by atoms with Crippen molar-refractivity contribution in [1.29, 1.82) is 0 Å². The first kappa shape index (κ1) is 21.2. The van der Waals surface area contributed by atoms with E-state index >= 15 is 0 Å². The van der Waals surface area contributed by atoms with Gasteiger partial charge < -0.3 is 5.32 Å². The minimum absolute atomic E-state index is 0.0915. The highest BCUT2D eigenvalue weighted by Gasteiger charge is 2.27. The van der Waals surface area contributed by atoms with Gasteiger partial charge in [-0.1, -0.05) is 18.6 Å². The Bertz CT molecular complexity index is 1200. The predicted octanol–water partition coefficient (Wildman–Crippen LogP) is 5.54. The van der Waals surface area contributed by atoms with Crippen LogP contribution in [-0.4, -0.2) is 31.4 Å². The molecule has 0 saturated carbocycles. The highest BCUT2D eigenvalue weighted by molar-refractivity contribution is 5.65. The van der Waals surface area contributed by atoms with Crippen LogP contribution in [0.15, 0.2) is 79.4 Å². The Hall–Kier alpha value is -3.71. The summed E-state index contributed by atoms with van der Waals surface area (Å²) in [5.41, 5.74) is 3.60. The molecule has 1 atom stereocenters. The highest BCUT2D eigenvalue weighted by Crippen LogP contribution is 2.33. The summed E-state index contributed by atoms with van der Waals surface area (Å²) >= 11 is 0. The largest absolute Gasteiger partial charge is 0.340 e. The fourth-order valence-electron chi connectivity index (χ4n) is 4.26. The molecule has 0 spiro atoms. The average molecular weight is 441 g/mol. The van der Waals surface area contributed by atoms with Crippen LogP contribution < -0.4 is 5.32 Å². The third kappa shape index (κ3) is 5.21. The molecule has 1 aromatic carbocycles. The van der Waals surface area contributed by atoms with E-state index in [4.69, 9.17) is 9.97 Å². The van der Waals surface area contributed by atoms with Gasteiger partial charge in [0.2, 0.25) is 0 Å². The molecule has 1 saturated heterocycles. The van der Waals surface area contributed by atoms with E-state index < -0.39 is 0 Å². The normalized spacial score (nSPS) is 16.5. The minimum atomic E-state index is -0.293. The highest BCUT2D eigenvalue weighted by atomic mass is 19.1. The maximum atomic E-state index is 13.8. The molecular formula is C26H25FN6. The van der Waals surface area contributed by atoms with Gasteiger partial charge in [0.15, 0.2) is 0 Å². The van der Waals surface area contributed by atoms with Gasteiger partial charge >= 0.3 is 0 Å². The number of hydrogen-bond acceptors (Lipinski definition) is 6. The Labute approximate surface area is 192 Å². The molecule has 1 N–H and O–H groups in total. The maximum Gasteiger partial charge on any atom is 0.148 e. The number of pyridine rings is 2. The number of piperidine rings is 1. The first-order valence-corrected chi connectivity index (χ1v) is 11.2. The molecule has 7 heteroatoms. The van der Waals surface area contributed by atoms with Crippen molar-refractivity contribution in [2.75, 3.05) is 11.9 Å². The summed E-state index contributed by atoms with van der Waals surface area (Å²) in [5.74, 6) is 1.12. The predicted molar refractivity (Wildman–Crippen MR) is 126 cm³/mol. The molecule has 3 aromatic heterocycles. The van der Waals surface area contributed by atoms with Crippen LogP contribution in [-0.2, 0) is 6.54 Å². The average Bonchev–Trinajstić information content (AvgIpc) is 2.85. The Kier molecular flexibility index (Phi) is 6.30. The standard InChI is InChI=1S/C26H25FN6/c27-21-6-3-7-22(15-21)30-25-16-23(20-9-12-28-13-10-20)31-26(32-25)24-8-1-2-14-33(24)18-19-5-4-11-29-17-19/h3-7,9-13,15-17,24H,1-2,8,14,18H2,(H,30,31,32)/t24-/m0/s1. The number of aromatic nitrogens is 4. The van der Waals surface area contributed by atoms with E-state index in [9.17, 15) is 4.39 Å². The van der Waals surface area contributed by atoms with Crippen LogP contribution in [0.4, 0.5) is 15.9 Å². The van der Waals surface area contributed by atoms with Crippen LogP contribution in [0.5, 0.6) is 0 Å². The molecule has 5 rings (SSSR count). The molecule has 0 aliphatic carbocycles. The maximum absolute atomic E-state index is 13.8. The number of nitrogens with zero attached hydrogens (tertiary/aromatic N) is 5. The summed E-state index contributed by atoms with van der Waals surface area (Å²) in [6.45, 7) is 1.78. The summed E-state index contributed by atoms with van der Waals surface area (Å²) in [7, 11) is 0. The van der Waals surface area contributed by atoms with Gasteiger partial charge in [-0.25, -0.2) is 14.4 Å². The molecule has 166 valence electrons. The monoisotopic (exact) mass is 440 g/mol. The van der Waals surface area contributed by atoms with Crippen molar-refractivity contribution in [2.45, 2.75) is 31.8 Å². The first-order chi connectivity index (χ1) is 16.2. The third-order valence-corrected chi connectivity index (χ3v) is 5.84. The second-order valence-corrected chi connectivity index (χ2v) is 8.21. The SMILES string of the molecule is Fc1cccc(Nc2cc(-c3ccncc3)nc([C@@H]3CCCCN3Cc3cccnc3)n2)c1. The van der Waals surface area contributed by atoms with Gasteiger partial charge in [-0.3, -0.25) is 14.9 Å². The Morgan fingerprint density at radius 3 is 2.67 bits per heavy atom. The number of likely N-dealkylation sites (tertiary alicyclic amines) is 1. The number of hydrogen-bond donors (Lipinski definition) is 1. The molecule has 1 fully saturated rings. The van der Waals surface area contributed by atoms with E-state index in [-0.39, 0.29) is 11.9 Å². The number of anilines is 2. The molecule has 0 amide bonds. The van der Waals surface area contributed by atoms with Crippen LogP contribution in [0.2, 0.25) is 0 Å². The minimum Gasteiger partial charge on any atom is -0.340 e. The van der Waals surface area contributed by atoms with Crippen LogP contribution in [0.3, 0.4) is 0 Å². The van der Waals surface area contributed by atoms with Gasteiger partial charge in [-0.05, 0) is 61.3 Å². The summed E-state index contributed by atoms with van der Waals surface area (Å²) in [4.78, 5) is 20.7. The zero-order chi connectivity index (χ0) is 22.5. The lowest BCUT2D eigenvalue weighted by Crippen LogP contribution is -2.34. The van der Waals surface area contributed by atoms with E-state index in [1.807, 2.05) is 36.5 Å². The van der Waals surface area contributed by atoms with Crippen molar-refractivity contribution >= 4 is 11.5 Å². The zero-order valence-electron chi connectivity index (χ0n) is 18.2. The Morgan fingerprint density at radius 2 is 1.85 bits per heavy atom. The number of rotatable bonds is 6. The fraction of sp³-hybridized carbons (Fsp3) is 0.231. The second-order valence-electron chi connectivity index (χ2n) is 8.21. The molecule has 0 radical (unpaired) electrons. The fourth-order valence-corrected chi connectivity index (χ4v) is 4.26. The van der Waals surface area contributed by atoms with Gasteiger partial charge in [-0.2, -0.15) is 0 Å². The van der Waals surface area contributed by atoms with Gasteiger partial charge in [0.05, 0.1) is 11.7 Å². The number of benzene rings is 1. The number of nitrogens with one attached hydrogen (secondary N) is 1. The Morgan fingerprint density at radius 1 is 0.939 bits per heavy atom. The summed E-state index contributed by atoms with van der Waals surface area (Å²) in [6, 6.07) is 16.3. The third-order valence-electron chi connectivity index (χ3n) is 5.84. The first-order valence-electron chi connectivity index (χ1n) is 11.2. The zero-order valence-corrected chi connectivity index (χ0v) is 18.2. The lowest BCUT2D eigenvalue weighted by atomic mass is 10.00. The van der Waals surface area contributed by atoms with Crippen LogP contribution in [0.25, 0.3) is 11.3 Å². The van der Waals surface area contributed by atoms with Crippen molar-refractivity contribution in [2.24, 2.45) is 0 Å². The number of halogens is 1. The van der Waals surface area contributed by atoms with Gasteiger partial charge in [0.25, 0.3) is 0 Å². The lowest BCUT2D eigenvalue weighted by Gasteiger charge is -2.35. The van der Waals surface area contributed by atoms with E-state index in [0.29, 0.717) is 11.5 Å². The molecule has 0 unspecified atom stereocenters. The summed E-state index contributed by atoms with van der Waals surface area (Å²) in [6.07, 6.45) is 10.5. The van der Waals surface area contributed by atoms with Crippen molar-refractivity contribution in [3.8, 4) is 11.3 Å². The van der Waals surface area contributed by atoms with Crippen LogP contribution in [0, 0.1) is 5.82 Å². The molecule has 4 heterocycles. The van der Waals surface area contributed by atoms with Gasteiger partial charge in [0, 0.05) is 48.6 Å². The molecule has 0 bridgehead atoms. The lowest BCUT2D eigenvalue weighted by molar-refractivity contribution is 0.134. The molecular weight excluding hydrogens is 415 g/mol. The molecule has 33 heavy (non-hydrogen) atoms. The van der Waals surface area contributed by atoms with E-state index in [1.54, 1.807) is 24.7 Å². The van der Waals surface area contributed by atoms with Gasteiger partial charge in [-0.15, -0.1) is 0 Å². The Balaban J connectivity index is 1.51. The van der Waals surface area contributed by atoms with E-state index in [1.165, 1.54) is 17.7 Å². The van der Waals surface area contributed by atoms with Crippen molar-refractivity contribution in [3.05, 3.63) is 96.6 Å². The second kappa shape index (κ2) is 9.83. The van der Waals surface area contributed by atoms with Crippen molar-refractivity contribution in [1.82, 2.24) is 24.8 Å². The van der Waals surface area contributed by atoms with Crippen LogP contribution in [0.1, 0.15) is 36.7 Å². The smallest absolute Gasteiger partial charge is 0.148 e. The molecule has 1 aliphatic rings. The summed E-state index contributed by atoms with van der Waals surface area (Å²) < 4.78 is 13.8.